The number of carbonyl (C=O) groups is 1. The lowest BCUT2D eigenvalue weighted by Gasteiger charge is -2.08. The third-order valence-electron chi connectivity index (χ3n) is 1.76. The molecule has 0 aromatic heterocycles. The van der Waals surface area contributed by atoms with Crippen molar-refractivity contribution in [3.05, 3.63) is 32.9 Å². The van der Waals surface area contributed by atoms with Crippen molar-refractivity contribution in [2.75, 3.05) is 0 Å². The van der Waals surface area contributed by atoms with E-state index in [0.29, 0.717) is 5.56 Å². The van der Waals surface area contributed by atoms with Gasteiger partial charge in [0, 0.05) is 3.57 Å². The molecule has 14 heavy (non-hydrogen) atoms. The van der Waals surface area contributed by atoms with Crippen molar-refractivity contribution in [3.8, 4) is 6.07 Å². The molecule has 0 radical (unpaired) electrons. The summed E-state index contributed by atoms with van der Waals surface area (Å²) in [5.74, 6) is 0.0398. The quantitative estimate of drug-likeness (QED) is 0.598. The Balaban J connectivity index is 3.20. The van der Waals surface area contributed by atoms with Crippen molar-refractivity contribution in [1.29, 1.82) is 5.26 Å². The number of hydrogen-bond acceptors (Lipinski definition) is 2. The first-order valence-electron chi connectivity index (χ1n) is 3.90. The van der Waals surface area contributed by atoms with Gasteiger partial charge >= 0.3 is 0 Å². The normalized spacial score (nSPS) is 11.9. The summed E-state index contributed by atoms with van der Waals surface area (Å²) in [5.41, 5.74) is 1.43. The molecule has 1 unspecified atom stereocenters. The molecule has 0 amide bonds. The van der Waals surface area contributed by atoms with Crippen molar-refractivity contribution in [3.63, 3.8) is 0 Å². The fraction of sp³-hybridized carbons (Fsp3) is 0.200. The summed E-state index contributed by atoms with van der Waals surface area (Å²) in [6, 6.07) is 7.37. The summed E-state index contributed by atoms with van der Waals surface area (Å²) in [6.45, 7) is 1.52. The van der Waals surface area contributed by atoms with E-state index in [1.807, 2.05) is 6.07 Å². The Morgan fingerprint density at radius 2 is 2.29 bits per heavy atom. The number of nitrogens with zero attached hydrogens (tertiary/aromatic N) is 1. The van der Waals surface area contributed by atoms with Gasteiger partial charge in [-0.2, -0.15) is 5.26 Å². The molecule has 72 valence electrons. The van der Waals surface area contributed by atoms with Crippen LogP contribution < -0.4 is 0 Å². The number of carbonyl (C=O) groups excluding carboxylic acids is 1. The highest BCUT2D eigenvalue weighted by atomic mass is 127. The van der Waals surface area contributed by atoms with Crippen LogP contribution in [0.4, 0.5) is 0 Å². The number of halogens is 2. The summed E-state index contributed by atoms with van der Waals surface area (Å²) in [7, 11) is 0. The Morgan fingerprint density at radius 1 is 1.64 bits per heavy atom. The molecule has 1 rings (SSSR count). The monoisotopic (exact) mass is 363 g/mol. The Bertz CT molecular complexity index is 411. The van der Waals surface area contributed by atoms with Crippen LogP contribution in [0.3, 0.4) is 0 Å². The molecule has 0 saturated carbocycles. The molecule has 0 saturated heterocycles. The molecular formula is C10H7BrINO. The molecule has 0 aliphatic rings. The van der Waals surface area contributed by atoms with E-state index in [1.165, 1.54) is 6.92 Å². The van der Waals surface area contributed by atoms with Crippen LogP contribution in [-0.4, -0.2) is 5.78 Å². The zero-order valence-corrected chi connectivity index (χ0v) is 11.2. The Hall–Kier alpha value is -0.410. The summed E-state index contributed by atoms with van der Waals surface area (Å²) in [5, 5.41) is 8.72. The Morgan fingerprint density at radius 3 is 2.79 bits per heavy atom. The predicted octanol–water partition coefficient (Wildman–Crippen LogP) is 3.19. The van der Waals surface area contributed by atoms with Crippen molar-refractivity contribution < 1.29 is 4.79 Å². The average molecular weight is 364 g/mol. The molecule has 0 fully saturated rings. The first-order valence-corrected chi connectivity index (χ1v) is 5.89. The van der Waals surface area contributed by atoms with E-state index in [4.69, 9.17) is 5.26 Å². The maximum absolute atomic E-state index is 11.2. The largest absolute Gasteiger partial charge is 0.298 e. The van der Waals surface area contributed by atoms with Gasteiger partial charge in [-0.3, -0.25) is 4.79 Å². The van der Waals surface area contributed by atoms with Gasteiger partial charge in [0.1, 0.15) is 5.78 Å². The zero-order chi connectivity index (χ0) is 10.7. The molecule has 0 spiro atoms. The zero-order valence-electron chi connectivity index (χ0n) is 7.42. The van der Waals surface area contributed by atoms with Gasteiger partial charge in [0.05, 0.1) is 16.5 Å². The highest BCUT2D eigenvalue weighted by Crippen LogP contribution is 2.28. The minimum Gasteiger partial charge on any atom is -0.298 e. The van der Waals surface area contributed by atoms with Gasteiger partial charge in [-0.1, -0.05) is 15.9 Å². The van der Waals surface area contributed by atoms with Gasteiger partial charge in [0.2, 0.25) is 0 Å². The third kappa shape index (κ3) is 2.55. The van der Waals surface area contributed by atoms with Crippen molar-refractivity contribution >= 4 is 44.3 Å². The first-order chi connectivity index (χ1) is 6.56. The van der Waals surface area contributed by atoms with Gasteiger partial charge in [-0.15, -0.1) is 0 Å². The maximum atomic E-state index is 11.2. The minimum absolute atomic E-state index is 0.0398. The smallest absolute Gasteiger partial charge is 0.147 e. The van der Waals surface area contributed by atoms with Crippen LogP contribution >= 0.6 is 38.5 Å². The summed E-state index contributed by atoms with van der Waals surface area (Å²) >= 11 is 5.45. The van der Waals surface area contributed by atoms with Crippen LogP contribution in [0.2, 0.25) is 0 Å². The van der Waals surface area contributed by atoms with Crippen LogP contribution in [-0.2, 0) is 4.79 Å². The molecule has 0 aliphatic carbocycles. The second kappa shape index (κ2) is 4.89. The van der Waals surface area contributed by atoms with Crippen LogP contribution in [0.1, 0.15) is 22.9 Å². The molecule has 1 aromatic rings. The molecule has 4 heteroatoms. The molecule has 0 heterocycles. The van der Waals surface area contributed by atoms with Gasteiger partial charge < -0.3 is 0 Å². The molecule has 0 bridgehead atoms. The van der Waals surface area contributed by atoms with E-state index in [0.717, 1.165) is 9.13 Å². The highest BCUT2D eigenvalue weighted by Gasteiger charge is 2.15. The fourth-order valence-electron chi connectivity index (χ4n) is 1.03. The van der Waals surface area contributed by atoms with Crippen molar-refractivity contribution in [1.82, 2.24) is 0 Å². The lowest BCUT2D eigenvalue weighted by atomic mass is 10.1. The predicted molar refractivity (Wildman–Crippen MR) is 66.2 cm³/mol. The van der Waals surface area contributed by atoms with Crippen LogP contribution in [0, 0.1) is 14.9 Å². The number of rotatable bonds is 2. The van der Waals surface area contributed by atoms with Gasteiger partial charge in [0.25, 0.3) is 0 Å². The number of hydrogen-bond donors (Lipinski definition) is 0. The number of alkyl halides is 1. The third-order valence-corrected chi connectivity index (χ3v) is 3.88. The van der Waals surface area contributed by atoms with E-state index in [1.54, 1.807) is 12.1 Å². The summed E-state index contributed by atoms with van der Waals surface area (Å²) in [4.78, 5) is 10.8. The second-order valence-corrected chi connectivity index (χ2v) is 4.90. The topological polar surface area (TPSA) is 40.9 Å². The van der Waals surface area contributed by atoms with Crippen molar-refractivity contribution in [2.24, 2.45) is 0 Å². The fourth-order valence-corrected chi connectivity index (χ4v) is 2.48. The standard InChI is InChI=1S/C10H7BrINO/c1-6(14)10(11)8-4-7(5-13)2-3-9(8)12/h2-4,10H,1H3. The molecule has 0 aliphatic heterocycles. The average Bonchev–Trinajstić information content (AvgIpc) is 2.17. The number of benzene rings is 1. The van der Waals surface area contributed by atoms with Gasteiger partial charge in [-0.05, 0) is 53.3 Å². The summed E-state index contributed by atoms with van der Waals surface area (Å²) < 4.78 is 0.985. The highest BCUT2D eigenvalue weighted by molar-refractivity contribution is 14.1. The van der Waals surface area contributed by atoms with Gasteiger partial charge in [0.15, 0.2) is 0 Å². The van der Waals surface area contributed by atoms with Crippen LogP contribution in [0.25, 0.3) is 0 Å². The van der Waals surface area contributed by atoms with Crippen LogP contribution in [0.5, 0.6) is 0 Å². The second-order valence-electron chi connectivity index (χ2n) is 2.82. The molecule has 0 N–H and O–H groups in total. The Kier molecular flexibility index (Phi) is 4.08. The van der Waals surface area contributed by atoms with Gasteiger partial charge in [-0.25, -0.2) is 0 Å². The molecular weight excluding hydrogens is 357 g/mol. The lowest BCUT2D eigenvalue weighted by Crippen LogP contribution is -2.03. The Labute approximate surface area is 105 Å². The SMILES string of the molecule is CC(=O)C(Br)c1cc(C#N)ccc1I. The molecule has 1 atom stereocenters. The van der Waals surface area contributed by atoms with E-state index >= 15 is 0 Å². The lowest BCUT2D eigenvalue weighted by molar-refractivity contribution is -0.116. The number of ketones is 1. The first kappa shape index (κ1) is 11.7. The van der Waals surface area contributed by atoms with Crippen molar-refractivity contribution in [2.45, 2.75) is 11.8 Å². The van der Waals surface area contributed by atoms with E-state index in [9.17, 15) is 4.79 Å². The van der Waals surface area contributed by atoms with Crippen LogP contribution in [0.15, 0.2) is 18.2 Å². The summed E-state index contributed by atoms with van der Waals surface area (Å²) in [6.07, 6.45) is 0. The number of Topliss-reactive ketones (excluding diaryl/α,β-unsaturated/α-hetero) is 1. The molecule has 2 nitrogen and oxygen atoms in total. The number of nitriles is 1. The van der Waals surface area contributed by atoms with E-state index in [2.05, 4.69) is 44.6 Å². The van der Waals surface area contributed by atoms with E-state index < -0.39 is 0 Å². The molecule has 1 aromatic carbocycles. The minimum atomic E-state index is -0.317. The van der Waals surface area contributed by atoms with E-state index in [-0.39, 0.29) is 10.6 Å². The maximum Gasteiger partial charge on any atom is 0.147 e.